The molecule has 0 aromatic heterocycles. The molecule has 6 heteroatoms. The number of carbonyl (C=O) groups is 1. The third kappa shape index (κ3) is 5.62. The van der Waals surface area contributed by atoms with Gasteiger partial charge in [0.15, 0.2) is 0 Å². The highest BCUT2D eigenvalue weighted by Gasteiger charge is 2.21. The Hall–Kier alpha value is -2.73. The van der Waals surface area contributed by atoms with E-state index in [2.05, 4.69) is 33.9 Å². The summed E-state index contributed by atoms with van der Waals surface area (Å²) in [5.74, 6) is -0.0327. The number of ether oxygens (including phenoxy) is 1. The zero-order valence-corrected chi connectivity index (χ0v) is 14.9. The van der Waals surface area contributed by atoms with Gasteiger partial charge in [-0.15, -0.1) is 0 Å². The van der Waals surface area contributed by atoms with Crippen LogP contribution >= 0.6 is 0 Å². The fraction of sp³-hybridized carbons (Fsp3) is 0.286. The number of hydrogen-bond acceptors (Lipinski definition) is 3. The number of benzene rings is 2. The molecule has 0 spiro atoms. The number of carbonyl (C=O) groups excluding carboxylic acids is 1. The van der Waals surface area contributed by atoms with Gasteiger partial charge < -0.3 is 9.64 Å². The van der Waals surface area contributed by atoms with Gasteiger partial charge in [-0.3, -0.25) is 9.69 Å². The molecule has 2 aromatic carbocycles. The maximum absolute atomic E-state index is 12.5. The molecule has 27 heavy (non-hydrogen) atoms. The van der Waals surface area contributed by atoms with Crippen LogP contribution in [-0.2, 0) is 0 Å². The second-order valence-electron chi connectivity index (χ2n) is 6.31. The number of amides is 1. The lowest BCUT2D eigenvalue weighted by molar-refractivity contribution is -0.0498. The molecule has 0 saturated carbocycles. The number of halogens is 2. The molecule has 1 saturated heterocycles. The average molecular weight is 372 g/mol. The molecule has 142 valence electrons. The molecule has 0 atom stereocenters. The van der Waals surface area contributed by atoms with E-state index in [1.807, 2.05) is 18.2 Å². The van der Waals surface area contributed by atoms with Crippen molar-refractivity contribution in [1.29, 1.82) is 0 Å². The summed E-state index contributed by atoms with van der Waals surface area (Å²) in [6.07, 6.45) is 4.23. The molecule has 0 N–H and O–H groups in total. The predicted octanol–water partition coefficient (Wildman–Crippen LogP) is 3.76. The van der Waals surface area contributed by atoms with Gasteiger partial charge in [-0.05, 0) is 29.8 Å². The minimum Gasteiger partial charge on any atom is -0.435 e. The molecule has 1 amide bonds. The highest BCUT2D eigenvalue weighted by molar-refractivity contribution is 5.94. The lowest BCUT2D eigenvalue weighted by Crippen LogP contribution is -2.48. The van der Waals surface area contributed by atoms with Crippen LogP contribution in [0.15, 0.2) is 60.7 Å². The van der Waals surface area contributed by atoms with E-state index in [0.29, 0.717) is 18.7 Å². The Morgan fingerprint density at radius 3 is 2.30 bits per heavy atom. The third-order valence-corrected chi connectivity index (χ3v) is 4.46. The molecule has 0 bridgehead atoms. The van der Waals surface area contributed by atoms with E-state index < -0.39 is 6.61 Å². The van der Waals surface area contributed by atoms with E-state index in [9.17, 15) is 13.6 Å². The summed E-state index contributed by atoms with van der Waals surface area (Å²) in [6.45, 7) is 0.877. The van der Waals surface area contributed by atoms with Crippen molar-refractivity contribution in [2.75, 3.05) is 32.7 Å². The van der Waals surface area contributed by atoms with Crippen LogP contribution in [0.1, 0.15) is 15.9 Å². The molecule has 1 heterocycles. The van der Waals surface area contributed by atoms with Gasteiger partial charge >= 0.3 is 6.61 Å². The van der Waals surface area contributed by atoms with Gasteiger partial charge in [-0.1, -0.05) is 42.5 Å². The fourth-order valence-corrected chi connectivity index (χ4v) is 3.00. The smallest absolute Gasteiger partial charge is 0.387 e. The molecule has 1 aliphatic rings. The normalized spacial score (nSPS) is 15.4. The van der Waals surface area contributed by atoms with E-state index in [4.69, 9.17) is 0 Å². The highest BCUT2D eigenvalue weighted by Crippen LogP contribution is 2.17. The molecule has 3 rings (SSSR count). The fourth-order valence-electron chi connectivity index (χ4n) is 3.00. The standard InChI is InChI=1S/C21H22F2N2O2/c22-21(23)27-19-10-8-18(9-11-19)20(26)25-15-13-24(14-16-25)12-4-7-17-5-2-1-3-6-17/h1-11,21H,12-16H2/b7-4+. The van der Waals surface area contributed by atoms with Gasteiger partial charge in [0.25, 0.3) is 5.91 Å². The number of hydrogen-bond donors (Lipinski definition) is 0. The van der Waals surface area contributed by atoms with Crippen molar-refractivity contribution in [3.05, 3.63) is 71.8 Å². The lowest BCUT2D eigenvalue weighted by Gasteiger charge is -2.34. The molecule has 0 aliphatic carbocycles. The zero-order valence-electron chi connectivity index (χ0n) is 14.9. The van der Waals surface area contributed by atoms with Crippen LogP contribution in [0, 0.1) is 0 Å². The van der Waals surface area contributed by atoms with Crippen LogP contribution in [0.5, 0.6) is 5.75 Å². The molecule has 2 aromatic rings. The summed E-state index contributed by atoms with van der Waals surface area (Å²) in [4.78, 5) is 16.6. The molecule has 1 fully saturated rings. The molecule has 0 unspecified atom stereocenters. The molecule has 1 aliphatic heterocycles. The topological polar surface area (TPSA) is 32.8 Å². The van der Waals surface area contributed by atoms with Crippen molar-refractivity contribution in [3.8, 4) is 5.75 Å². The summed E-state index contributed by atoms with van der Waals surface area (Å²) in [7, 11) is 0. The monoisotopic (exact) mass is 372 g/mol. The Kier molecular flexibility index (Phi) is 6.54. The number of alkyl halides is 2. The predicted molar refractivity (Wildman–Crippen MR) is 101 cm³/mol. The van der Waals surface area contributed by atoms with Crippen molar-refractivity contribution in [1.82, 2.24) is 9.80 Å². The molecular formula is C21H22F2N2O2. The minimum atomic E-state index is -2.87. The maximum Gasteiger partial charge on any atom is 0.387 e. The van der Waals surface area contributed by atoms with E-state index in [1.54, 1.807) is 4.90 Å². The van der Waals surface area contributed by atoms with Crippen molar-refractivity contribution in [2.24, 2.45) is 0 Å². The summed E-state index contributed by atoms with van der Waals surface area (Å²) < 4.78 is 28.7. The largest absolute Gasteiger partial charge is 0.435 e. The quantitative estimate of drug-likeness (QED) is 0.774. The van der Waals surface area contributed by atoms with Gasteiger partial charge in [0.2, 0.25) is 0 Å². The van der Waals surface area contributed by atoms with Crippen LogP contribution < -0.4 is 4.74 Å². The first kappa shape index (κ1) is 19.0. The SMILES string of the molecule is O=C(c1ccc(OC(F)F)cc1)N1CCN(C/C=C/c2ccccc2)CC1. The second kappa shape index (κ2) is 9.28. The number of piperazine rings is 1. The van der Waals surface area contributed by atoms with Crippen molar-refractivity contribution in [2.45, 2.75) is 6.61 Å². The highest BCUT2D eigenvalue weighted by atomic mass is 19.3. The minimum absolute atomic E-state index is 0.0524. The Morgan fingerprint density at radius 2 is 1.67 bits per heavy atom. The summed E-state index contributed by atoms with van der Waals surface area (Å²) in [6, 6.07) is 16.0. The first-order valence-corrected chi connectivity index (χ1v) is 8.90. The van der Waals surface area contributed by atoms with E-state index >= 15 is 0 Å². The first-order chi connectivity index (χ1) is 13.1. The van der Waals surface area contributed by atoms with Gasteiger partial charge in [0, 0.05) is 38.3 Å². The molecule has 0 radical (unpaired) electrons. The third-order valence-electron chi connectivity index (χ3n) is 4.46. The Bertz CT molecular complexity index is 756. The second-order valence-corrected chi connectivity index (χ2v) is 6.31. The van der Waals surface area contributed by atoms with Crippen LogP contribution in [-0.4, -0.2) is 55.0 Å². The Balaban J connectivity index is 1.47. The van der Waals surface area contributed by atoms with Crippen LogP contribution in [0.4, 0.5) is 8.78 Å². The average Bonchev–Trinajstić information content (AvgIpc) is 2.69. The van der Waals surface area contributed by atoms with E-state index in [-0.39, 0.29) is 11.7 Å². The van der Waals surface area contributed by atoms with Crippen molar-refractivity contribution in [3.63, 3.8) is 0 Å². The molecular weight excluding hydrogens is 350 g/mol. The first-order valence-electron chi connectivity index (χ1n) is 8.90. The van der Waals surface area contributed by atoms with Gasteiger partial charge in [0.1, 0.15) is 5.75 Å². The summed E-state index contributed by atoms with van der Waals surface area (Å²) in [5, 5.41) is 0. The maximum atomic E-state index is 12.5. The summed E-state index contributed by atoms with van der Waals surface area (Å²) in [5.41, 5.74) is 1.65. The lowest BCUT2D eigenvalue weighted by atomic mass is 10.1. The van der Waals surface area contributed by atoms with Crippen LogP contribution in [0.2, 0.25) is 0 Å². The van der Waals surface area contributed by atoms with E-state index in [0.717, 1.165) is 19.6 Å². The Labute approximate surface area is 157 Å². The van der Waals surface area contributed by atoms with Crippen molar-refractivity contribution < 1.29 is 18.3 Å². The zero-order chi connectivity index (χ0) is 19.1. The van der Waals surface area contributed by atoms with Gasteiger partial charge in [-0.25, -0.2) is 0 Å². The van der Waals surface area contributed by atoms with Crippen LogP contribution in [0.25, 0.3) is 6.08 Å². The van der Waals surface area contributed by atoms with E-state index in [1.165, 1.54) is 29.8 Å². The Morgan fingerprint density at radius 1 is 1.00 bits per heavy atom. The van der Waals surface area contributed by atoms with Gasteiger partial charge in [0.05, 0.1) is 0 Å². The number of rotatable bonds is 6. The molecule has 4 nitrogen and oxygen atoms in total. The van der Waals surface area contributed by atoms with Crippen molar-refractivity contribution >= 4 is 12.0 Å². The van der Waals surface area contributed by atoms with Gasteiger partial charge in [-0.2, -0.15) is 8.78 Å². The van der Waals surface area contributed by atoms with Crippen LogP contribution in [0.3, 0.4) is 0 Å². The summed E-state index contributed by atoms with van der Waals surface area (Å²) >= 11 is 0. The number of nitrogens with zero attached hydrogens (tertiary/aromatic N) is 2.